The molecule has 1 N–H and O–H groups in total. The van der Waals surface area contributed by atoms with Crippen LogP contribution in [0.5, 0.6) is 11.5 Å². The Morgan fingerprint density at radius 2 is 1.96 bits per heavy atom. The number of amides is 1. The van der Waals surface area contributed by atoms with E-state index in [1.54, 1.807) is 32.6 Å². The van der Waals surface area contributed by atoms with Crippen LogP contribution < -0.4 is 14.8 Å². The van der Waals surface area contributed by atoms with E-state index in [0.29, 0.717) is 28.6 Å². The second-order valence-corrected chi connectivity index (χ2v) is 6.67. The first-order valence-corrected chi connectivity index (χ1v) is 9.31. The molecule has 1 heterocycles. The summed E-state index contributed by atoms with van der Waals surface area (Å²) < 4.78 is 15.7. The molecule has 0 bridgehead atoms. The lowest BCUT2D eigenvalue weighted by atomic mass is 10.1. The number of nitrogens with zero attached hydrogens (tertiary/aromatic N) is 1. The fourth-order valence-corrected chi connectivity index (χ4v) is 3.40. The Labute approximate surface area is 162 Å². The number of nitrogens with one attached hydrogen (secondary N) is 1. The number of esters is 1. The summed E-state index contributed by atoms with van der Waals surface area (Å²) in [4.78, 5) is 26.1. The van der Waals surface area contributed by atoms with E-state index in [1.807, 2.05) is 30.1 Å². The summed E-state index contributed by atoms with van der Waals surface area (Å²) in [6, 6.07) is 7.27. The fraction of sp³-hybridized carbons (Fsp3) is 0.368. The molecule has 0 atom stereocenters. The molecule has 0 saturated carbocycles. The van der Waals surface area contributed by atoms with Gasteiger partial charge < -0.3 is 19.5 Å². The second-order valence-electron chi connectivity index (χ2n) is 5.76. The number of para-hydroxylation sites is 1. The van der Waals surface area contributed by atoms with Crippen molar-refractivity contribution in [3.8, 4) is 11.5 Å². The van der Waals surface area contributed by atoms with Gasteiger partial charge in [-0.25, -0.2) is 4.79 Å². The van der Waals surface area contributed by atoms with Crippen molar-refractivity contribution in [1.29, 1.82) is 0 Å². The van der Waals surface area contributed by atoms with Gasteiger partial charge in [0.05, 0.1) is 32.9 Å². The van der Waals surface area contributed by atoms with Crippen LogP contribution in [0.1, 0.15) is 22.8 Å². The number of hydrogen-bond donors (Lipinski definition) is 1. The maximum Gasteiger partial charge on any atom is 0.341 e. The summed E-state index contributed by atoms with van der Waals surface area (Å²) in [5, 5.41) is 5.01. The van der Waals surface area contributed by atoms with Gasteiger partial charge >= 0.3 is 5.97 Å². The lowest BCUT2D eigenvalue weighted by Crippen LogP contribution is -2.30. The topological polar surface area (TPSA) is 77.1 Å². The number of carbonyl (C=O) groups excluding carboxylic acids is 2. The summed E-state index contributed by atoms with van der Waals surface area (Å²) in [5.74, 6) is 0.636. The van der Waals surface area contributed by atoms with Crippen molar-refractivity contribution < 1.29 is 23.8 Å². The van der Waals surface area contributed by atoms with E-state index in [0.717, 1.165) is 5.56 Å². The van der Waals surface area contributed by atoms with Crippen LogP contribution in [0.15, 0.2) is 29.6 Å². The third-order valence-corrected chi connectivity index (χ3v) is 4.58. The van der Waals surface area contributed by atoms with Gasteiger partial charge in [0.2, 0.25) is 5.91 Å². The van der Waals surface area contributed by atoms with Gasteiger partial charge in [0.1, 0.15) is 5.00 Å². The van der Waals surface area contributed by atoms with Crippen molar-refractivity contribution in [3.63, 3.8) is 0 Å². The monoisotopic (exact) mass is 392 g/mol. The average Bonchev–Trinajstić information content (AvgIpc) is 3.09. The number of likely N-dealkylation sites (N-methyl/N-ethyl adjacent to an activating group) is 1. The van der Waals surface area contributed by atoms with E-state index in [1.165, 1.54) is 11.3 Å². The van der Waals surface area contributed by atoms with E-state index < -0.39 is 5.97 Å². The molecule has 0 saturated heterocycles. The van der Waals surface area contributed by atoms with Crippen molar-refractivity contribution in [2.45, 2.75) is 13.5 Å². The molecule has 0 spiro atoms. The molecule has 8 heteroatoms. The van der Waals surface area contributed by atoms with Crippen molar-refractivity contribution in [1.82, 2.24) is 4.90 Å². The third-order valence-electron chi connectivity index (χ3n) is 3.75. The summed E-state index contributed by atoms with van der Waals surface area (Å²) in [7, 11) is 5.00. The summed E-state index contributed by atoms with van der Waals surface area (Å²) in [5.41, 5.74) is 1.28. The summed E-state index contributed by atoms with van der Waals surface area (Å²) >= 11 is 1.29. The predicted octanol–water partition coefficient (Wildman–Crippen LogP) is 3.01. The molecule has 0 aliphatic carbocycles. The van der Waals surface area contributed by atoms with E-state index in [-0.39, 0.29) is 19.1 Å². The van der Waals surface area contributed by atoms with E-state index in [9.17, 15) is 9.59 Å². The molecule has 0 aliphatic heterocycles. The molecule has 146 valence electrons. The zero-order valence-electron chi connectivity index (χ0n) is 15.9. The Morgan fingerprint density at radius 3 is 2.63 bits per heavy atom. The average molecular weight is 392 g/mol. The normalized spacial score (nSPS) is 10.6. The molecule has 1 aromatic carbocycles. The van der Waals surface area contributed by atoms with Crippen molar-refractivity contribution >= 4 is 28.2 Å². The van der Waals surface area contributed by atoms with Crippen LogP contribution in [0, 0.1) is 0 Å². The van der Waals surface area contributed by atoms with E-state index in [2.05, 4.69) is 5.32 Å². The molecule has 0 aliphatic rings. The molecular weight excluding hydrogens is 368 g/mol. The SMILES string of the molecule is CCOC(=O)c1ccsc1NC(=O)CN(C)Cc1cccc(OC)c1OC. The van der Waals surface area contributed by atoms with Crippen LogP contribution >= 0.6 is 11.3 Å². The summed E-state index contributed by atoms with van der Waals surface area (Å²) in [6.07, 6.45) is 0. The van der Waals surface area contributed by atoms with E-state index in [4.69, 9.17) is 14.2 Å². The van der Waals surface area contributed by atoms with Crippen LogP contribution in [0.4, 0.5) is 5.00 Å². The lowest BCUT2D eigenvalue weighted by molar-refractivity contribution is -0.117. The minimum absolute atomic E-state index is 0.153. The van der Waals surface area contributed by atoms with Crippen LogP contribution in [-0.4, -0.2) is 51.2 Å². The largest absolute Gasteiger partial charge is 0.493 e. The predicted molar refractivity (Wildman–Crippen MR) is 105 cm³/mol. The quantitative estimate of drug-likeness (QED) is 0.661. The second kappa shape index (κ2) is 9.94. The van der Waals surface area contributed by atoms with Crippen molar-refractivity contribution in [2.75, 3.05) is 39.7 Å². The molecule has 7 nitrogen and oxygen atoms in total. The first-order chi connectivity index (χ1) is 13.0. The minimum atomic E-state index is -0.441. The number of ether oxygens (including phenoxy) is 3. The third kappa shape index (κ3) is 5.45. The molecule has 0 fully saturated rings. The highest BCUT2D eigenvalue weighted by molar-refractivity contribution is 7.14. The van der Waals surface area contributed by atoms with Gasteiger partial charge in [0, 0.05) is 12.1 Å². The van der Waals surface area contributed by atoms with Gasteiger partial charge in [-0.15, -0.1) is 11.3 Å². The Morgan fingerprint density at radius 1 is 1.19 bits per heavy atom. The van der Waals surface area contributed by atoms with Gasteiger partial charge in [0.25, 0.3) is 0 Å². The van der Waals surface area contributed by atoms with Crippen molar-refractivity contribution in [3.05, 3.63) is 40.8 Å². The van der Waals surface area contributed by atoms with Crippen LogP contribution in [0.2, 0.25) is 0 Å². The standard InChI is InChI=1S/C19H24N2O5S/c1-5-26-19(23)14-9-10-27-18(14)20-16(22)12-21(2)11-13-7-6-8-15(24-3)17(13)25-4/h6-10H,5,11-12H2,1-4H3,(H,20,22). The number of methoxy groups -OCH3 is 2. The molecule has 0 radical (unpaired) electrons. The highest BCUT2D eigenvalue weighted by Crippen LogP contribution is 2.31. The Hall–Kier alpha value is -2.58. The Balaban J connectivity index is 1.99. The number of thiophene rings is 1. The number of carbonyl (C=O) groups is 2. The molecule has 27 heavy (non-hydrogen) atoms. The fourth-order valence-electron chi connectivity index (χ4n) is 2.61. The number of anilines is 1. The number of hydrogen-bond acceptors (Lipinski definition) is 7. The molecule has 2 rings (SSSR count). The molecule has 1 amide bonds. The minimum Gasteiger partial charge on any atom is -0.493 e. The Bertz CT molecular complexity index is 790. The van der Waals surface area contributed by atoms with Crippen LogP contribution in [0.3, 0.4) is 0 Å². The Kier molecular flexibility index (Phi) is 7.63. The van der Waals surface area contributed by atoms with E-state index >= 15 is 0 Å². The molecular formula is C19H24N2O5S. The maximum absolute atomic E-state index is 12.4. The van der Waals surface area contributed by atoms with Gasteiger partial charge in [-0.3, -0.25) is 9.69 Å². The zero-order chi connectivity index (χ0) is 19.8. The lowest BCUT2D eigenvalue weighted by Gasteiger charge is -2.19. The maximum atomic E-state index is 12.4. The number of benzene rings is 1. The first kappa shape index (κ1) is 20.7. The molecule has 1 aromatic heterocycles. The van der Waals surface area contributed by atoms with Gasteiger partial charge in [-0.05, 0) is 31.5 Å². The van der Waals surface area contributed by atoms with Crippen LogP contribution in [0.25, 0.3) is 0 Å². The smallest absolute Gasteiger partial charge is 0.341 e. The summed E-state index contributed by atoms with van der Waals surface area (Å²) in [6.45, 7) is 2.68. The highest BCUT2D eigenvalue weighted by atomic mass is 32.1. The van der Waals surface area contributed by atoms with Gasteiger partial charge in [0.15, 0.2) is 11.5 Å². The highest BCUT2D eigenvalue weighted by Gasteiger charge is 2.18. The zero-order valence-corrected chi connectivity index (χ0v) is 16.7. The van der Waals surface area contributed by atoms with Gasteiger partial charge in [-0.2, -0.15) is 0 Å². The van der Waals surface area contributed by atoms with Crippen LogP contribution in [-0.2, 0) is 16.1 Å². The van der Waals surface area contributed by atoms with Gasteiger partial charge in [-0.1, -0.05) is 12.1 Å². The first-order valence-electron chi connectivity index (χ1n) is 8.43. The molecule has 0 unspecified atom stereocenters. The number of rotatable bonds is 9. The molecule has 2 aromatic rings. The van der Waals surface area contributed by atoms with Crippen molar-refractivity contribution in [2.24, 2.45) is 0 Å².